The van der Waals surface area contributed by atoms with Gasteiger partial charge in [-0.3, -0.25) is 10.4 Å². The zero-order chi connectivity index (χ0) is 13.8. The number of anilines is 3. The van der Waals surface area contributed by atoms with Crippen molar-refractivity contribution in [3.05, 3.63) is 35.9 Å². The Bertz CT molecular complexity index is 578. The van der Waals surface area contributed by atoms with E-state index >= 15 is 0 Å². The Labute approximate surface area is 107 Å². The van der Waals surface area contributed by atoms with Crippen LogP contribution in [0, 0.1) is 11.6 Å². The number of amides is 2. The van der Waals surface area contributed by atoms with Gasteiger partial charge in [-0.2, -0.15) is 5.10 Å². The van der Waals surface area contributed by atoms with Crippen molar-refractivity contribution in [2.75, 3.05) is 23.0 Å². The third kappa shape index (κ3) is 2.97. The van der Waals surface area contributed by atoms with E-state index in [9.17, 15) is 13.6 Å². The number of H-pyrrole nitrogens is 1. The van der Waals surface area contributed by atoms with Crippen LogP contribution in [0.3, 0.4) is 0 Å². The monoisotopic (exact) mass is 267 g/mol. The molecule has 0 bridgehead atoms. The molecule has 0 atom stereocenters. The summed E-state index contributed by atoms with van der Waals surface area (Å²) >= 11 is 0. The Morgan fingerprint density at radius 1 is 1.26 bits per heavy atom. The summed E-state index contributed by atoms with van der Waals surface area (Å²) in [5.41, 5.74) is -0.506. The number of rotatable bonds is 3. The molecule has 1 aromatic carbocycles. The highest BCUT2D eigenvalue weighted by atomic mass is 19.1. The minimum absolute atomic E-state index is 0.290. The minimum atomic E-state index is -0.851. The summed E-state index contributed by atoms with van der Waals surface area (Å²) in [4.78, 5) is 11.6. The third-order valence-electron chi connectivity index (χ3n) is 2.28. The number of urea groups is 1. The number of benzene rings is 1. The van der Waals surface area contributed by atoms with Crippen LogP contribution in [0.4, 0.5) is 30.9 Å². The molecule has 4 N–H and O–H groups in total. The number of para-hydroxylation sites is 1. The predicted molar refractivity (Wildman–Crippen MR) is 67.1 cm³/mol. The Morgan fingerprint density at radius 3 is 2.53 bits per heavy atom. The van der Waals surface area contributed by atoms with E-state index in [0.29, 0.717) is 11.6 Å². The Kier molecular flexibility index (Phi) is 3.60. The molecule has 0 saturated carbocycles. The first-order valence-corrected chi connectivity index (χ1v) is 5.35. The summed E-state index contributed by atoms with van der Waals surface area (Å²) in [5, 5.41) is 13.5. The molecule has 19 heavy (non-hydrogen) atoms. The van der Waals surface area contributed by atoms with Gasteiger partial charge in [-0.15, -0.1) is 0 Å². The fraction of sp³-hybridized carbons (Fsp3) is 0.0909. The maximum atomic E-state index is 13.3. The second kappa shape index (κ2) is 5.34. The number of aromatic amines is 1. The lowest BCUT2D eigenvalue weighted by molar-refractivity contribution is 0.262. The molecule has 100 valence electrons. The van der Waals surface area contributed by atoms with E-state index in [4.69, 9.17) is 0 Å². The highest BCUT2D eigenvalue weighted by Crippen LogP contribution is 2.18. The van der Waals surface area contributed by atoms with E-state index in [-0.39, 0.29) is 0 Å². The Balaban J connectivity index is 2.05. The fourth-order valence-corrected chi connectivity index (χ4v) is 1.40. The van der Waals surface area contributed by atoms with Gasteiger partial charge < -0.3 is 10.6 Å². The van der Waals surface area contributed by atoms with Crippen molar-refractivity contribution in [2.24, 2.45) is 0 Å². The smallest absolute Gasteiger partial charge is 0.324 e. The van der Waals surface area contributed by atoms with Gasteiger partial charge in [0.2, 0.25) is 0 Å². The molecule has 6 nitrogen and oxygen atoms in total. The highest BCUT2D eigenvalue weighted by Gasteiger charge is 2.12. The van der Waals surface area contributed by atoms with Gasteiger partial charge in [-0.25, -0.2) is 13.6 Å². The average molecular weight is 267 g/mol. The zero-order valence-electron chi connectivity index (χ0n) is 9.92. The zero-order valence-corrected chi connectivity index (χ0v) is 9.92. The Morgan fingerprint density at radius 2 is 1.95 bits per heavy atom. The third-order valence-corrected chi connectivity index (χ3v) is 2.28. The van der Waals surface area contributed by atoms with E-state index < -0.39 is 23.4 Å². The summed E-state index contributed by atoms with van der Waals surface area (Å²) in [6.45, 7) is 0. The molecule has 0 unspecified atom stereocenters. The lowest BCUT2D eigenvalue weighted by Crippen LogP contribution is -2.21. The summed E-state index contributed by atoms with van der Waals surface area (Å²) < 4.78 is 26.6. The van der Waals surface area contributed by atoms with Gasteiger partial charge in [0.1, 0.15) is 29.0 Å². The number of carbonyl (C=O) groups is 1. The topological polar surface area (TPSA) is 81.8 Å². The number of halogens is 2. The molecule has 1 heterocycles. The van der Waals surface area contributed by atoms with Crippen LogP contribution in [0.5, 0.6) is 0 Å². The van der Waals surface area contributed by atoms with Gasteiger partial charge in [0.15, 0.2) is 0 Å². The summed E-state index contributed by atoms with van der Waals surface area (Å²) in [7, 11) is 1.66. The molecule has 0 radical (unpaired) electrons. The van der Waals surface area contributed by atoms with Gasteiger partial charge in [-0.05, 0) is 12.1 Å². The number of nitrogens with one attached hydrogen (secondary N) is 4. The number of hydrogen-bond acceptors (Lipinski definition) is 3. The van der Waals surface area contributed by atoms with Crippen molar-refractivity contribution in [3.8, 4) is 0 Å². The molecule has 0 aliphatic carbocycles. The van der Waals surface area contributed by atoms with Gasteiger partial charge in [-0.1, -0.05) is 6.07 Å². The predicted octanol–water partition coefficient (Wildman–Crippen LogP) is 2.37. The van der Waals surface area contributed by atoms with Crippen molar-refractivity contribution in [1.29, 1.82) is 0 Å². The van der Waals surface area contributed by atoms with Crippen LogP contribution >= 0.6 is 0 Å². The second-order valence-electron chi connectivity index (χ2n) is 3.59. The van der Waals surface area contributed by atoms with Gasteiger partial charge in [0.05, 0.1) is 0 Å². The van der Waals surface area contributed by atoms with Crippen LogP contribution in [0.25, 0.3) is 0 Å². The summed E-state index contributed by atoms with van der Waals surface area (Å²) in [6, 6.07) is 4.05. The Hall–Kier alpha value is -2.64. The van der Waals surface area contributed by atoms with Crippen LogP contribution in [-0.2, 0) is 0 Å². The van der Waals surface area contributed by atoms with E-state index in [1.807, 2.05) is 0 Å². The van der Waals surface area contributed by atoms with Crippen LogP contribution in [0.1, 0.15) is 0 Å². The largest absolute Gasteiger partial charge is 0.372 e. The van der Waals surface area contributed by atoms with Crippen LogP contribution in [0.15, 0.2) is 24.3 Å². The molecule has 1 aromatic heterocycles. The molecule has 0 aliphatic heterocycles. The van der Waals surface area contributed by atoms with Crippen LogP contribution < -0.4 is 16.0 Å². The normalized spacial score (nSPS) is 10.1. The van der Waals surface area contributed by atoms with E-state index in [1.54, 1.807) is 7.05 Å². The van der Waals surface area contributed by atoms with E-state index in [2.05, 4.69) is 26.1 Å². The van der Waals surface area contributed by atoms with Gasteiger partial charge in [0.25, 0.3) is 0 Å². The molecule has 0 fully saturated rings. The van der Waals surface area contributed by atoms with Crippen molar-refractivity contribution >= 4 is 23.4 Å². The molecule has 0 saturated heterocycles. The number of carbonyl (C=O) groups excluding carboxylic acids is 1. The molecule has 2 rings (SSSR count). The number of nitrogens with zero attached hydrogens (tertiary/aromatic N) is 1. The van der Waals surface area contributed by atoms with E-state index in [0.717, 1.165) is 12.1 Å². The lowest BCUT2D eigenvalue weighted by Gasteiger charge is -2.07. The van der Waals surface area contributed by atoms with Crippen molar-refractivity contribution in [3.63, 3.8) is 0 Å². The first-order chi connectivity index (χ1) is 9.10. The molecule has 2 amide bonds. The number of hydrogen-bond donors (Lipinski definition) is 4. The minimum Gasteiger partial charge on any atom is -0.372 e. The molecular formula is C11H11F2N5O. The molecule has 0 spiro atoms. The number of aromatic nitrogens is 2. The quantitative estimate of drug-likeness (QED) is 0.689. The first-order valence-electron chi connectivity index (χ1n) is 5.35. The average Bonchev–Trinajstić information content (AvgIpc) is 2.81. The van der Waals surface area contributed by atoms with Crippen LogP contribution in [0.2, 0.25) is 0 Å². The van der Waals surface area contributed by atoms with E-state index in [1.165, 1.54) is 12.1 Å². The molecule has 2 aromatic rings. The van der Waals surface area contributed by atoms with Crippen LogP contribution in [-0.4, -0.2) is 23.3 Å². The summed E-state index contributed by atoms with van der Waals surface area (Å²) in [6.07, 6.45) is 0. The van der Waals surface area contributed by atoms with Gasteiger partial charge >= 0.3 is 6.03 Å². The fourth-order valence-electron chi connectivity index (χ4n) is 1.40. The first kappa shape index (κ1) is 12.8. The molecular weight excluding hydrogens is 256 g/mol. The SMILES string of the molecule is CNc1cc(NC(=O)Nc2c(F)cccc2F)[nH]n1. The maximum Gasteiger partial charge on any atom is 0.324 e. The van der Waals surface area contributed by atoms with Gasteiger partial charge in [0, 0.05) is 13.1 Å². The standard InChI is InChI=1S/C11H11F2N5O/c1-14-8-5-9(18-17-8)15-11(19)16-10-6(12)3-2-4-7(10)13/h2-5H,1H3,(H4,14,15,16,17,18,19). The second-order valence-corrected chi connectivity index (χ2v) is 3.59. The molecule has 8 heteroatoms. The van der Waals surface area contributed by atoms with Crippen molar-refractivity contribution < 1.29 is 13.6 Å². The van der Waals surface area contributed by atoms with Crippen molar-refractivity contribution in [2.45, 2.75) is 0 Å². The van der Waals surface area contributed by atoms with Crippen molar-refractivity contribution in [1.82, 2.24) is 10.2 Å². The summed E-state index contributed by atoms with van der Waals surface area (Å²) in [5.74, 6) is -0.891. The lowest BCUT2D eigenvalue weighted by atomic mass is 10.3. The maximum absolute atomic E-state index is 13.3. The molecule has 0 aliphatic rings. The highest BCUT2D eigenvalue weighted by molar-refractivity contribution is 5.99.